The van der Waals surface area contributed by atoms with Crippen molar-refractivity contribution in [3.05, 3.63) is 40.0 Å². The highest BCUT2D eigenvalue weighted by Crippen LogP contribution is 2.24. The Bertz CT molecular complexity index is 708. The summed E-state index contributed by atoms with van der Waals surface area (Å²) in [7, 11) is 0. The van der Waals surface area contributed by atoms with Crippen molar-refractivity contribution in [1.29, 1.82) is 5.41 Å². The molecule has 1 heterocycles. The van der Waals surface area contributed by atoms with Gasteiger partial charge in [-0.1, -0.05) is 29.3 Å². The summed E-state index contributed by atoms with van der Waals surface area (Å²) < 4.78 is 5.43. The average molecular weight is 413 g/mol. The van der Waals surface area contributed by atoms with E-state index >= 15 is 0 Å². The molecular weight excluding hydrogens is 387 g/mol. The molecule has 1 aromatic rings. The molecule has 1 amide bonds. The number of carbonyl (C=O) groups is 1. The Labute approximate surface area is 170 Å². The van der Waals surface area contributed by atoms with Crippen LogP contribution < -0.4 is 5.32 Å². The van der Waals surface area contributed by atoms with Crippen LogP contribution in [0.2, 0.25) is 5.02 Å². The third-order valence-corrected chi connectivity index (χ3v) is 4.45. The molecule has 1 fully saturated rings. The lowest BCUT2D eigenvalue weighted by Crippen LogP contribution is -2.49. The maximum absolute atomic E-state index is 12.2. The molecule has 2 rings (SSSR count). The van der Waals surface area contributed by atoms with Gasteiger partial charge >= 0.3 is 6.09 Å². The first-order valence-corrected chi connectivity index (χ1v) is 9.55. The predicted octanol–water partition coefficient (Wildman–Crippen LogP) is 4.53. The summed E-state index contributed by atoms with van der Waals surface area (Å²) in [5, 5.41) is 11.2. The lowest BCUT2D eigenvalue weighted by Gasteiger charge is -2.35. The quantitative estimate of drug-likeness (QED) is 0.696. The van der Waals surface area contributed by atoms with E-state index in [1.54, 1.807) is 11.1 Å². The van der Waals surface area contributed by atoms with Crippen molar-refractivity contribution >= 4 is 41.2 Å². The standard InChI is InChI=1S/C19H26Cl2N4O2/c1-19(2,3)27-18(26)25-8-6-24(7-9-25)13-14-4-5-15(20)10-17(14)23-12-16(21)11-22/h4-5,10-12,22-23H,6-9,13H2,1-3H3/b16-12+,22-11?. The Morgan fingerprint density at radius 1 is 1.30 bits per heavy atom. The van der Waals surface area contributed by atoms with Gasteiger partial charge in [0.2, 0.25) is 0 Å². The van der Waals surface area contributed by atoms with Gasteiger partial charge in [0.25, 0.3) is 0 Å². The van der Waals surface area contributed by atoms with Gasteiger partial charge in [-0.3, -0.25) is 4.90 Å². The largest absolute Gasteiger partial charge is 0.444 e. The van der Waals surface area contributed by atoms with Crippen molar-refractivity contribution < 1.29 is 9.53 Å². The topological polar surface area (TPSA) is 68.7 Å². The molecule has 1 aliphatic heterocycles. The van der Waals surface area contributed by atoms with Gasteiger partial charge in [-0.2, -0.15) is 0 Å². The summed E-state index contributed by atoms with van der Waals surface area (Å²) in [6, 6.07) is 5.65. The first-order valence-electron chi connectivity index (χ1n) is 8.79. The van der Waals surface area contributed by atoms with E-state index < -0.39 is 5.60 Å². The van der Waals surface area contributed by atoms with Gasteiger partial charge in [-0.15, -0.1) is 0 Å². The van der Waals surface area contributed by atoms with Gasteiger partial charge in [0.1, 0.15) is 5.60 Å². The smallest absolute Gasteiger partial charge is 0.410 e. The summed E-state index contributed by atoms with van der Waals surface area (Å²) in [5.41, 5.74) is 1.43. The molecule has 1 saturated heterocycles. The van der Waals surface area contributed by atoms with E-state index in [1.807, 2.05) is 39.0 Å². The minimum Gasteiger partial charge on any atom is -0.444 e. The number of anilines is 1. The molecule has 8 heteroatoms. The number of carbonyl (C=O) groups excluding carboxylic acids is 1. The van der Waals surface area contributed by atoms with Crippen LogP contribution >= 0.6 is 23.2 Å². The monoisotopic (exact) mass is 412 g/mol. The molecular formula is C19H26Cl2N4O2. The fourth-order valence-electron chi connectivity index (χ4n) is 2.67. The number of hydrogen-bond donors (Lipinski definition) is 2. The summed E-state index contributed by atoms with van der Waals surface area (Å²) in [6.45, 7) is 9.12. The summed E-state index contributed by atoms with van der Waals surface area (Å²) in [4.78, 5) is 16.2. The van der Waals surface area contributed by atoms with E-state index in [0.717, 1.165) is 37.1 Å². The number of rotatable bonds is 5. The van der Waals surface area contributed by atoms with Crippen molar-refractivity contribution in [2.24, 2.45) is 0 Å². The molecule has 27 heavy (non-hydrogen) atoms. The number of amides is 1. The number of allylic oxidation sites excluding steroid dienone is 1. The number of nitrogens with zero attached hydrogens (tertiary/aromatic N) is 2. The Balaban J connectivity index is 1.97. The first-order chi connectivity index (χ1) is 12.7. The maximum Gasteiger partial charge on any atom is 0.410 e. The van der Waals surface area contributed by atoms with Crippen molar-refractivity contribution in [3.8, 4) is 0 Å². The third-order valence-electron chi connectivity index (χ3n) is 3.99. The summed E-state index contributed by atoms with van der Waals surface area (Å²) >= 11 is 12.0. The van der Waals surface area contributed by atoms with Crippen LogP contribution in [0.5, 0.6) is 0 Å². The Morgan fingerprint density at radius 3 is 2.56 bits per heavy atom. The lowest BCUT2D eigenvalue weighted by atomic mass is 10.1. The van der Waals surface area contributed by atoms with Crippen LogP contribution in [-0.2, 0) is 11.3 Å². The Kier molecular flexibility index (Phi) is 7.53. The van der Waals surface area contributed by atoms with E-state index in [9.17, 15) is 4.79 Å². The fourth-order valence-corrected chi connectivity index (χ4v) is 2.89. The first kappa shape index (κ1) is 21.5. The maximum atomic E-state index is 12.2. The second kappa shape index (κ2) is 9.44. The third kappa shape index (κ3) is 7.05. The van der Waals surface area contributed by atoms with Crippen molar-refractivity contribution in [1.82, 2.24) is 9.80 Å². The molecule has 0 unspecified atom stereocenters. The van der Waals surface area contributed by atoms with Gasteiger partial charge in [0, 0.05) is 55.8 Å². The molecule has 0 aromatic heterocycles. The van der Waals surface area contributed by atoms with Crippen LogP contribution in [0.15, 0.2) is 29.4 Å². The van der Waals surface area contributed by atoms with Crippen LogP contribution in [0.3, 0.4) is 0 Å². The van der Waals surface area contributed by atoms with Crippen LogP contribution in [0.1, 0.15) is 26.3 Å². The molecule has 2 N–H and O–H groups in total. The molecule has 0 bridgehead atoms. The van der Waals surface area contributed by atoms with E-state index in [1.165, 1.54) is 0 Å². The molecule has 0 spiro atoms. The van der Waals surface area contributed by atoms with Crippen molar-refractivity contribution in [3.63, 3.8) is 0 Å². The zero-order valence-corrected chi connectivity index (χ0v) is 17.4. The van der Waals surface area contributed by atoms with E-state index in [2.05, 4.69) is 10.2 Å². The number of piperazine rings is 1. The minimum absolute atomic E-state index is 0.262. The minimum atomic E-state index is -0.483. The Hall–Kier alpha value is -1.76. The lowest BCUT2D eigenvalue weighted by molar-refractivity contribution is 0.0139. The average Bonchev–Trinajstić information content (AvgIpc) is 2.60. The second-order valence-corrected chi connectivity index (χ2v) is 8.24. The molecule has 0 radical (unpaired) electrons. The molecule has 1 aromatic carbocycles. The SMILES string of the molecule is CC(C)(C)OC(=O)N1CCN(Cc2ccc(Cl)cc2N/C=C(/Cl)C=N)CC1. The van der Waals surface area contributed by atoms with E-state index in [0.29, 0.717) is 23.1 Å². The van der Waals surface area contributed by atoms with Gasteiger partial charge in [0.05, 0.1) is 5.03 Å². The highest BCUT2D eigenvalue weighted by Gasteiger charge is 2.26. The normalized spacial score (nSPS) is 16.2. The number of halogens is 2. The van der Waals surface area contributed by atoms with Crippen LogP contribution in [0.4, 0.5) is 10.5 Å². The zero-order valence-electron chi connectivity index (χ0n) is 15.9. The van der Waals surface area contributed by atoms with Gasteiger partial charge in [0.15, 0.2) is 0 Å². The van der Waals surface area contributed by atoms with Crippen LogP contribution in [0.25, 0.3) is 0 Å². The molecule has 148 valence electrons. The van der Waals surface area contributed by atoms with E-state index in [4.69, 9.17) is 33.3 Å². The fraction of sp³-hybridized carbons (Fsp3) is 0.474. The molecule has 6 nitrogen and oxygen atoms in total. The highest BCUT2D eigenvalue weighted by molar-refractivity contribution is 6.39. The van der Waals surface area contributed by atoms with Gasteiger partial charge in [-0.05, 0) is 38.5 Å². The second-order valence-electron chi connectivity index (χ2n) is 7.36. The van der Waals surface area contributed by atoms with Crippen LogP contribution in [-0.4, -0.2) is 53.9 Å². The zero-order chi connectivity index (χ0) is 20.0. The summed E-state index contributed by atoms with van der Waals surface area (Å²) in [5.74, 6) is 0. The predicted molar refractivity (Wildman–Crippen MR) is 111 cm³/mol. The number of nitrogens with one attached hydrogen (secondary N) is 2. The van der Waals surface area contributed by atoms with E-state index in [-0.39, 0.29) is 6.09 Å². The van der Waals surface area contributed by atoms with Crippen molar-refractivity contribution in [2.75, 3.05) is 31.5 Å². The summed E-state index contributed by atoms with van der Waals surface area (Å²) in [6.07, 6.45) is 2.36. The molecule has 1 aliphatic rings. The van der Waals surface area contributed by atoms with Crippen molar-refractivity contribution in [2.45, 2.75) is 32.9 Å². The van der Waals surface area contributed by atoms with Crippen LogP contribution in [0, 0.1) is 5.41 Å². The number of hydrogen-bond acceptors (Lipinski definition) is 5. The Morgan fingerprint density at radius 2 is 1.96 bits per heavy atom. The highest BCUT2D eigenvalue weighted by atomic mass is 35.5. The molecule has 0 saturated carbocycles. The van der Waals surface area contributed by atoms with Gasteiger partial charge < -0.3 is 20.4 Å². The van der Waals surface area contributed by atoms with Gasteiger partial charge in [-0.25, -0.2) is 4.79 Å². The molecule has 0 atom stereocenters. The number of benzene rings is 1. The molecule has 0 aliphatic carbocycles. The number of ether oxygens (including phenoxy) is 1.